The lowest BCUT2D eigenvalue weighted by molar-refractivity contribution is -0.114. The van der Waals surface area contributed by atoms with Gasteiger partial charge in [-0.3, -0.25) is 4.79 Å². The van der Waals surface area contributed by atoms with Crippen LogP contribution in [0.15, 0.2) is 120 Å². The van der Waals surface area contributed by atoms with Crippen LogP contribution in [-0.2, 0) is 11.4 Å². The van der Waals surface area contributed by atoms with Crippen molar-refractivity contribution in [1.82, 2.24) is 0 Å². The number of carbonyl (C=O) groups excluding carboxylic acids is 1. The van der Waals surface area contributed by atoms with Crippen molar-refractivity contribution >= 4 is 23.4 Å². The van der Waals surface area contributed by atoms with Gasteiger partial charge in [-0.2, -0.15) is 10.1 Å². The number of amides is 1. The van der Waals surface area contributed by atoms with Crippen molar-refractivity contribution in [1.29, 1.82) is 0 Å². The Hall–Kier alpha value is -4.51. The van der Waals surface area contributed by atoms with Crippen LogP contribution in [0.4, 0.5) is 10.1 Å². The van der Waals surface area contributed by atoms with Gasteiger partial charge in [0.1, 0.15) is 23.9 Å². The molecule has 34 heavy (non-hydrogen) atoms. The highest BCUT2D eigenvalue weighted by Crippen LogP contribution is 2.28. The Morgan fingerprint density at radius 3 is 2.24 bits per heavy atom. The van der Waals surface area contributed by atoms with Gasteiger partial charge in [0.15, 0.2) is 0 Å². The van der Waals surface area contributed by atoms with Crippen LogP contribution >= 0.6 is 0 Å². The molecule has 1 aliphatic heterocycles. The van der Waals surface area contributed by atoms with E-state index in [1.807, 2.05) is 97.1 Å². The predicted octanol–water partition coefficient (Wildman–Crippen LogP) is 6.24. The molecule has 0 radical (unpaired) electrons. The lowest BCUT2D eigenvalue weighted by atomic mass is 10.0. The maximum atomic E-state index is 13.4. The van der Waals surface area contributed by atoms with Crippen LogP contribution in [0.3, 0.4) is 0 Å². The first kappa shape index (κ1) is 21.3. The third-order valence-electron chi connectivity index (χ3n) is 5.41. The summed E-state index contributed by atoms with van der Waals surface area (Å²) in [5, 5.41) is 6.09. The first-order valence-corrected chi connectivity index (χ1v) is 10.9. The fraction of sp³-hybridized carbons (Fsp3) is 0.0345. The molecule has 0 unspecified atom stereocenters. The van der Waals surface area contributed by atoms with E-state index in [1.165, 1.54) is 17.1 Å². The highest BCUT2D eigenvalue weighted by Gasteiger charge is 2.31. The second-order valence-electron chi connectivity index (χ2n) is 7.81. The zero-order valence-electron chi connectivity index (χ0n) is 18.3. The largest absolute Gasteiger partial charge is 0.489 e. The molecule has 0 fully saturated rings. The van der Waals surface area contributed by atoms with Crippen molar-refractivity contribution in [2.45, 2.75) is 6.61 Å². The molecule has 166 valence electrons. The number of benzene rings is 4. The van der Waals surface area contributed by atoms with E-state index < -0.39 is 0 Å². The van der Waals surface area contributed by atoms with E-state index in [2.05, 4.69) is 5.10 Å². The van der Waals surface area contributed by atoms with Crippen LogP contribution in [-0.4, -0.2) is 11.6 Å². The minimum Gasteiger partial charge on any atom is -0.489 e. The number of halogens is 1. The molecule has 5 rings (SSSR count). The Bertz CT molecular complexity index is 1360. The van der Waals surface area contributed by atoms with Gasteiger partial charge in [-0.25, -0.2) is 4.39 Å². The van der Waals surface area contributed by atoms with E-state index in [0.29, 0.717) is 22.7 Å². The van der Waals surface area contributed by atoms with E-state index in [-0.39, 0.29) is 18.3 Å². The summed E-state index contributed by atoms with van der Waals surface area (Å²) in [5.74, 6) is 0.188. The summed E-state index contributed by atoms with van der Waals surface area (Å²) in [4.78, 5) is 13.3. The number of para-hydroxylation sites is 1. The second-order valence-corrected chi connectivity index (χ2v) is 7.81. The maximum absolute atomic E-state index is 13.4. The normalized spacial score (nSPS) is 14.4. The van der Waals surface area contributed by atoms with Gasteiger partial charge in [-0.05, 0) is 53.6 Å². The molecule has 1 aliphatic rings. The molecule has 0 aliphatic carbocycles. The van der Waals surface area contributed by atoms with Gasteiger partial charge in [-0.1, -0.05) is 72.8 Å². The van der Waals surface area contributed by atoms with Gasteiger partial charge in [0.2, 0.25) is 0 Å². The van der Waals surface area contributed by atoms with Crippen LogP contribution in [0.5, 0.6) is 5.75 Å². The van der Waals surface area contributed by atoms with E-state index in [9.17, 15) is 9.18 Å². The fourth-order valence-corrected chi connectivity index (χ4v) is 3.72. The van der Waals surface area contributed by atoms with Gasteiger partial charge in [-0.15, -0.1) is 0 Å². The van der Waals surface area contributed by atoms with Crippen molar-refractivity contribution in [2.75, 3.05) is 5.01 Å². The molecule has 0 N–H and O–H groups in total. The highest BCUT2D eigenvalue weighted by molar-refractivity contribution is 6.37. The Kier molecular flexibility index (Phi) is 5.99. The van der Waals surface area contributed by atoms with Crippen molar-refractivity contribution in [3.05, 3.63) is 137 Å². The molecule has 4 nitrogen and oxygen atoms in total. The molecule has 0 atom stereocenters. The third kappa shape index (κ3) is 4.64. The molecule has 0 saturated carbocycles. The monoisotopic (exact) mass is 448 g/mol. The van der Waals surface area contributed by atoms with Gasteiger partial charge in [0.05, 0.1) is 11.3 Å². The summed E-state index contributed by atoms with van der Waals surface area (Å²) in [6, 6.07) is 32.8. The highest BCUT2D eigenvalue weighted by atomic mass is 19.1. The van der Waals surface area contributed by atoms with Gasteiger partial charge < -0.3 is 4.74 Å². The number of hydrogen-bond acceptors (Lipinski definition) is 3. The Morgan fingerprint density at radius 1 is 0.824 bits per heavy atom. The summed E-state index contributed by atoms with van der Waals surface area (Å²) in [6.45, 7) is 0.271. The minimum atomic E-state index is -0.287. The molecular formula is C29H21FN2O2. The van der Waals surface area contributed by atoms with Crippen molar-refractivity contribution in [3.63, 3.8) is 0 Å². The standard InChI is InChI=1S/C29H21FN2O2/c30-24-11-7-8-22(18-24)20-34-26-16-14-21(15-17-26)19-27-28(23-9-3-1-4-10-23)31-32(29(27)33)25-12-5-2-6-13-25/h1-19H,20H2/b27-19-. The lowest BCUT2D eigenvalue weighted by Gasteiger charge is -2.11. The summed E-state index contributed by atoms with van der Waals surface area (Å²) in [6.07, 6.45) is 1.84. The summed E-state index contributed by atoms with van der Waals surface area (Å²) in [7, 11) is 0. The lowest BCUT2D eigenvalue weighted by Crippen LogP contribution is -2.21. The van der Waals surface area contributed by atoms with Gasteiger partial charge in [0, 0.05) is 5.56 Å². The van der Waals surface area contributed by atoms with Crippen LogP contribution in [0.25, 0.3) is 6.08 Å². The fourth-order valence-electron chi connectivity index (χ4n) is 3.72. The molecule has 1 amide bonds. The number of rotatable bonds is 6. The molecule has 4 aromatic carbocycles. The topological polar surface area (TPSA) is 41.9 Å². The number of ether oxygens (including phenoxy) is 1. The van der Waals surface area contributed by atoms with Crippen LogP contribution in [0.1, 0.15) is 16.7 Å². The average Bonchev–Trinajstić information content (AvgIpc) is 3.20. The quantitative estimate of drug-likeness (QED) is 0.328. The molecule has 1 heterocycles. The Balaban J connectivity index is 1.40. The third-order valence-corrected chi connectivity index (χ3v) is 5.41. The Morgan fingerprint density at radius 2 is 1.53 bits per heavy atom. The van der Waals surface area contributed by atoms with Crippen LogP contribution in [0.2, 0.25) is 0 Å². The van der Waals surface area contributed by atoms with Crippen LogP contribution in [0, 0.1) is 5.82 Å². The van der Waals surface area contributed by atoms with Crippen molar-refractivity contribution in [2.24, 2.45) is 5.10 Å². The van der Waals surface area contributed by atoms with E-state index in [4.69, 9.17) is 4.74 Å². The number of nitrogens with zero attached hydrogens (tertiary/aromatic N) is 2. The summed E-state index contributed by atoms with van der Waals surface area (Å²) in [5.41, 5.74) is 4.33. The smallest absolute Gasteiger partial charge is 0.281 e. The van der Waals surface area contributed by atoms with Gasteiger partial charge in [0.25, 0.3) is 5.91 Å². The molecule has 0 bridgehead atoms. The van der Waals surface area contributed by atoms with Gasteiger partial charge >= 0.3 is 0 Å². The number of hydrogen-bond donors (Lipinski definition) is 0. The molecule has 5 heteroatoms. The van der Waals surface area contributed by atoms with Crippen molar-refractivity contribution in [3.8, 4) is 5.75 Å². The molecule has 0 saturated heterocycles. The molecule has 4 aromatic rings. The van der Waals surface area contributed by atoms with Crippen molar-refractivity contribution < 1.29 is 13.9 Å². The number of carbonyl (C=O) groups is 1. The summed E-state index contributed by atoms with van der Waals surface area (Å²) < 4.78 is 19.1. The first-order valence-electron chi connectivity index (χ1n) is 10.9. The second kappa shape index (κ2) is 9.55. The van der Waals surface area contributed by atoms with E-state index in [1.54, 1.807) is 6.07 Å². The predicted molar refractivity (Wildman–Crippen MR) is 132 cm³/mol. The molecule has 0 aromatic heterocycles. The molecule has 0 spiro atoms. The Labute approximate surface area is 197 Å². The first-order chi connectivity index (χ1) is 16.7. The molecular weight excluding hydrogens is 427 g/mol. The number of hydrazone groups is 1. The summed E-state index contributed by atoms with van der Waals surface area (Å²) >= 11 is 0. The maximum Gasteiger partial charge on any atom is 0.281 e. The van der Waals surface area contributed by atoms with E-state index >= 15 is 0 Å². The van der Waals surface area contributed by atoms with E-state index in [0.717, 1.165) is 16.7 Å². The number of anilines is 1. The zero-order valence-corrected chi connectivity index (χ0v) is 18.3. The average molecular weight is 448 g/mol. The van der Waals surface area contributed by atoms with Crippen LogP contribution < -0.4 is 9.75 Å². The zero-order chi connectivity index (χ0) is 23.3. The SMILES string of the molecule is O=C1/C(=C\c2ccc(OCc3cccc(F)c3)cc2)C(c2ccccc2)=NN1c1ccccc1. The minimum absolute atomic E-state index is 0.184.